The van der Waals surface area contributed by atoms with Crippen LogP contribution >= 0.6 is 0 Å². The molecular formula is C36H46N16O4. The van der Waals surface area contributed by atoms with Crippen LogP contribution in [0.1, 0.15) is 74.4 Å². The Kier molecular flexibility index (Phi) is 12.2. The second kappa shape index (κ2) is 17.9. The fourth-order valence-corrected chi connectivity index (χ4v) is 6.41. The Balaban J connectivity index is 0.000000172. The number of nitrogens with two attached hydrogens (primary N) is 1. The first kappa shape index (κ1) is 38.0. The van der Waals surface area contributed by atoms with Gasteiger partial charge in [-0.15, -0.1) is 0 Å². The molecule has 0 saturated carbocycles. The molecule has 2 aliphatic heterocycles. The number of aryl methyl sites for hydroxylation is 2. The lowest BCUT2D eigenvalue weighted by Crippen LogP contribution is -2.19. The third-order valence-corrected chi connectivity index (χ3v) is 9.49. The molecule has 0 aliphatic carbocycles. The SMILES string of the molecule is CCn1cc(Nc2nc(Cc3cnn(C4CCOCC4)c3)ncc2N)cn1.CCn1cc(Nc2nc(Cc3cnn(C4CCOCC4)c3)ncc2[N+](=O)[O-])cn1. The fraction of sp³-hybridized carbons (Fsp3) is 0.444. The van der Waals surface area contributed by atoms with Crippen molar-refractivity contribution in [2.45, 2.75) is 77.5 Å². The number of ether oxygens (including phenoxy) is 2. The molecule has 56 heavy (non-hydrogen) atoms. The Morgan fingerprint density at radius 1 is 0.696 bits per heavy atom. The van der Waals surface area contributed by atoms with Crippen molar-refractivity contribution in [2.75, 3.05) is 42.8 Å². The van der Waals surface area contributed by atoms with Crippen LogP contribution in [-0.2, 0) is 35.4 Å². The van der Waals surface area contributed by atoms with E-state index < -0.39 is 4.92 Å². The van der Waals surface area contributed by atoms with E-state index >= 15 is 0 Å². The standard InChI is InChI=1S/C18H22N8O3.C18H24N8O/c1-2-24-12-14(9-20-24)22-18-16(26(27)28)10-19-17(23-18)7-13-8-21-25(11-13)15-3-5-29-6-4-15;1-2-25-12-14(9-21-25)23-18-16(19)10-20-17(24-18)7-13-8-22-26(11-13)15-3-5-27-6-4-15/h8-12,15H,2-7H2,1H3,(H,19,22,23);8-12,15H,2-7,19H2,1H3,(H,20,23,24). The lowest BCUT2D eigenvalue weighted by Gasteiger charge is -2.22. The number of nitrogens with one attached hydrogen (secondary N) is 2. The summed E-state index contributed by atoms with van der Waals surface area (Å²) in [6, 6.07) is 0.745. The summed E-state index contributed by atoms with van der Waals surface area (Å²) in [6.45, 7) is 8.59. The zero-order chi connectivity index (χ0) is 38.9. The Morgan fingerprint density at radius 3 is 1.66 bits per heavy atom. The monoisotopic (exact) mass is 766 g/mol. The second-order valence-electron chi connectivity index (χ2n) is 13.5. The van der Waals surface area contributed by atoms with Crippen molar-refractivity contribution in [3.05, 3.63) is 94.9 Å². The molecule has 2 aliphatic rings. The van der Waals surface area contributed by atoms with Gasteiger partial charge >= 0.3 is 5.69 Å². The first-order valence-electron chi connectivity index (χ1n) is 18.8. The number of anilines is 5. The van der Waals surface area contributed by atoms with E-state index in [0.717, 1.165) is 75.5 Å². The van der Waals surface area contributed by atoms with Gasteiger partial charge in [-0.2, -0.15) is 20.4 Å². The fourth-order valence-electron chi connectivity index (χ4n) is 6.41. The van der Waals surface area contributed by atoms with Crippen molar-refractivity contribution in [3.8, 4) is 0 Å². The highest BCUT2D eigenvalue weighted by atomic mass is 16.6. The van der Waals surface area contributed by atoms with E-state index in [4.69, 9.17) is 15.2 Å². The third-order valence-electron chi connectivity index (χ3n) is 9.49. The molecule has 4 N–H and O–H groups in total. The van der Waals surface area contributed by atoms with E-state index in [2.05, 4.69) is 57.2 Å². The van der Waals surface area contributed by atoms with Gasteiger partial charge in [0.1, 0.15) is 17.8 Å². The predicted molar refractivity (Wildman–Crippen MR) is 206 cm³/mol. The van der Waals surface area contributed by atoms with Crippen LogP contribution in [0.25, 0.3) is 0 Å². The number of aromatic nitrogens is 12. The summed E-state index contributed by atoms with van der Waals surface area (Å²) in [7, 11) is 0. The Morgan fingerprint density at radius 2 is 1.18 bits per heavy atom. The second-order valence-corrected chi connectivity index (χ2v) is 13.5. The Labute approximate surface area is 322 Å². The number of nitrogens with zero attached hydrogens (tertiary/aromatic N) is 13. The van der Waals surface area contributed by atoms with E-state index in [0.29, 0.717) is 60.3 Å². The van der Waals surface area contributed by atoms with Crippen LogP contribution in [0.2, 0.25) is 0 Å². The zero-order valence-electron chi connectivity index (χ0n) is 31.4. The van der Waals surface area contributed by atoms with Crippen molar-refractivity contribution >= 4 is 34.4 Å². The first-order valence-corrected chi connectivity index (χ1v) is 18.8. The minimum atomic E-state index is -0.500. The highest BCUT2D eigenvalue weighted by molar-refractivity contribution is 5.67. The number of hydrogen-bond acceptors (Lipinski definition) is 15. The highest BCUT2D eigenvalue weighted by Gasteiger charge is 2.21. The minimum Gasteiger partial charge on any atom is -0.394 e. The first-order chi connectivity index (χ1) is 27.3. The Bertz CT molecular complexity index is 2200. The molecule has 2 saturated heterocycles. The molecule has 0 unspecified atom stereocenters. The maximum atomic E-state index is 11.4. The van der Waals surface area contributed by atoms with Crippen molar-refractivity contribution in [1.29, 1.82) is 0 Å². The average Bonchev–Trinajstić information content (AvgIpc) is 4.06. The number of nitrogen functional groups attached to an aromatic ring is 1. The van der Waals surface area contributed by atoms with Crippen LogP contribution in [-0.4, -0.2) is 90.4 Å². The van der Waals surface area contributed by atoms with Gasteiger partial charge in [-0.3, -0.25) is 28.8 Å². The van der Waals surface area contributed by atoms with Crippen LogP contribution in [0.4, 0.5) is 34.4 Å². The number of hydrogen-bond donors (Lipinski definition) is 3. The molecule has 6 aromatic heterocycles. The summed E-state index contributed by atoms with van der Waals surface area (Å²) in [5.41, 5.74) is 9.86. The zero-order valence-corrected chi connectivity index (χ0v) is 31.4. The van der Waals surface area contributed by atoms with Crippen LogP contribution in [0.5, 0.6) is 0 Å². The highest BCUT2D eigenvalue weighted by Crippen LogP contribution is 2.27. The molecule has 0 bridgehead atoms. The topological polar surface area (TPSA) is 235 Å². The van der Waals surface area contributed by atoms with E-state index in [1.165, 1.54) is 6.20 Å². The number of nitro groups is 1. The lowest BCUT2D eigenvalue weighted by molar-refractivity contribution is -0.384. The normalized spacial score (nSPS) is 15.0. The van der Waals surface area contributed by atoms with Gasteiger partial charge in [0.05, 0.1) is 65.1 Å². The smallest absolute Gasteiger partial charge is 0.329 e. The van der Waals surface area contributed by atoms with Gasteiger partial charge < -0.3 is 25.8 Å². The van der Waals surface area contributed by atoms with Crippen molar-refractivity contribution in [1.82, 2.24) is 59.1 Å². The van der Waals surface area contributed by atoms with E-state index in [1.807, 2.05) is 46.5 Å². The van der Waals surface area contributed by atoms with Gasteiger partial charge in [0, 0.05) is 77.1 Å². The van der Waals surface area contributed by atoms with Gasteiger partial charge in [-0.1, -0.05) is 0 Å². The van der Waals surface area contributed by atoms with Crippen LogP contribution < -0.4 is 16.4 Å². The van der Waals surface area contributed by atoms with Gasteiger partial charge in [0.2, 0.25) is 5.82 Å². The largest absolute Gasteiger partial charge is 0.394 e. The molecule has 20 heteroatoms. The summed E-state index contributed by atoms with van der Waals surface area (Å²) in [4.78, 5) is 28.4. The third kappa shape index (κ3) is 9.68. The summed E-state index contributed by atoms with van der Waals surface area (Å²) < 4.78 is 18.4. The van der Waals surface area contributed by atoms with Crippen LogP contribution in [0.3, 0.4) is 0 Å². The van der Waals surface area contributed by atoms with E-state index in [9.17, 15) is 10.1 Å². The van der Waals surface area contributed by atoms with E-state index in [1.54, 1.807) is 35.7 Å². The molecule has 0 aromatic carbocycles. The average molecular weight is 767 g/mol. The molecule has 294 valence electrons. The van der Waals surface area contributed by atoms with Crippen LogP contribution in [0.15, 0.2) is 62.0 Å². The molecule has 2 fully saturated rings. The van der Waals surface area contributed by atoms with Gasteiger partial charge in [-0.25, -0.2) is 19.9 Å². The quantitative estimate of drug-likeness (QED) is 0.107. The molecule has 0 atom stereocenters. The van der Waals surface area contributed by atoms with Gasteiger partial charge in [0.15, 0.2) is 5.82 Å². The maximum absolute atomic E-state index is 11.4. The minimum absolute atomic E-state index is 0.146. The molecule has 8 rings (SSSR count). The molecule has 20 nitrogen and oxygen atoms in total. The lowest BCUT2D eigenvalue weighted by atomic mass is 10.1. The van der Waals surface area contributed by atoms with Crippen molar-refractivity contribution in [2.24, 2.45) is 0 Å². The van der Waals surface area contributed by atoms with E-state index in [-0.39, 0.29) is 11.5 Å². The Hall–Kier alpha value is -6.28. The summed E-state index contributed by atoms with van der Waals surface area (Å²) in [5.74, 6) is 1.91. The number of rotatable bonds is 13. The van der Waals surface area contributed by atoms with Crippen LogP contribution in [0, 0.1) is 10.1 Å². The maximum Gasteiger partial charge on any atom is 0.329 e. The predicted octanol–water partition coefficient (Wildman–Crippen LogP) is 4.64. The van der Waals surface area contributed by atoms with Crippen molar-refractivity contribution in [3.63, 3.8) is 0 Å². The molecule has 0 radical (unpaired) electrons. The molecule has 0 spiro atoms. The summed E-state index contributed by atoms with van der Waals surface area (Å²) in [5, 5.41) is 34.9. The van der Waals surface area contributed by atoms with Gasteiger partial charge in [-0.05, 0) is 50.7 Å². The van der Waals surface area contributed by atoms with Gasteiger partial charge in [0.25, 0.3) is 0 Å². The van der Waals surface area contributed by atoms with Crippen molar-refractivity contribution < 1.29 is 14.4 Å². The summed E-state index contributed by atoms with van der Waals surface area (Å²) in [6.07, 6.45) is 22.6. The molecule has 6 aromatic rings. The molecular weight excluding hydrogens is 721 g/mol. The summed E-state index contributed by atoms with van der Waals surface area (Å²) >= 11 is 0. The molecule has 0 amide bonds. The molecule has 8 heterocycles.